The highest BCUT2D eigenvalue weighted by atomic mass is 19.1. The molecule has 0 saturated heterocycles. The highest BCUT2D eigenvalue weighted by Gasteiger charge is 2.06. The fourth-order valence-corrected chi connectivity index (χ4v) is 0.673. The third kappa shape index (κ3) is 1.63. The Morgan fingerprint density at radius 2 is 2.27 bits per heavy atom. The molecule has 4 heteroatoms. The van der Waals surface area contributed by atoms with Gasteiger partial charge in [0.25, 0.3) is 5.88 Å². The van der Waals surface area contributed by atoms with E-state index in [9.17, 15) is 4.39 Å². The van der Waals surface area contributed by atoms with Crippen molar-refractivity contribution in [3.63, 3.8) is 0 Å². The minimum atomic E-state index is -0.477. The van der Waals surface area contributed by atoms with Crippen LogP contribution in [0.4, 0.5) is 4.39 Å². The lowest BCUT2D eigenvalue weighted by molar-refractivity contribution is 0.305. The Labute approximate surface area is 64.2 Å². The van der Waals surface area contributed by atoms with E-state index in [0.29, 0.717) is 12.3 Å². The van der Waals surface area contributed by atoms with Gasteiger partial charge in [0.15, 0.2) is 0 Å². The van der Waals surface area contributed by atoms with Crippen molar-refractivity contribution in [3.8, 4) is 5.88 Å². The molecule has 0 N–H and O–H groups in total. The molecule has 0 aliphatic rings. The number of aromatic nitrogens is 2. The second kappa shape index (κ2) is 3.27. The number of hydrogen-bond donors (Lipinski definition) is 0. The summed E-state index contributed by atoms with van der Waals surface area (Å²) in [4.78, 5) is 7.28. The van der Waals surface area contributed by atoms with Crippen LogP contribution in [0.3, 0.4) is 0 Å². The van der Waals surface area contributed by atoms with Crippen molar-refractivity contribution >= 4 is 0 Å². The number of ether oxygens (including phenoxy) is 1. The second-order valence-electron chi connectivity index (χ2n) is 2.01. The molecule has 0 atom stereocenters. The molecule has 0 fully saturated rings. The zero-order chi connectivity index (χ0) is 8.27. The van der Waals surface area contributed by atoms with Crippen molar-refractivity contribution in [1.29, 1.82) is 0 Å². The maximum atomic E-state index is 12.9. The van der Waals surface area contributed by atoms with Crippen LogP contribution in [0.15, 0.2) is 6.33 Å². The molecule has 1 heterocycles. The molecule has 0 spiro atoms. The average molecular weight is 156 g/mol. The van der Waals surface area contributed by atoms with Gasteiger partial charge in [-0.3, -0.25) is 0 Å². The van der Waals surface area contributed by atoms with Crippen molar-refractivity contribution in [2.24, 2.45) is 0 Å². The van der Waals surface area contributed by atoms with Crippen molar-refractivity contribution in [1.82, 2.24) is 9.97 Å². The van der Waals surface area contributed by atoms with Gasteiger partial charge in [0.2, 0.25) is 5.82 Å². The van der Waals surface area contributed by atoms with Crippen LogP contribution in [-0.2, 0) is 0 Å². The first kappa shape index (κ1) is 7.91. The van der Waals surface area contributed by atoms with Gasteiger partial charge < -0.3 is 4.74 Å². The monoisotopic (exact) mass is 156 g/mol. The lowest BCUT2D eigenvalue weighted by Gasteiger charge is -2.02. The average Bonchev–Trinajstić information content (AvgIpc) is 1.99. The van der Waals surface area contributed by atoms with Gasteiger partial charge in [-0.05, 0) is 13.8 Å². The summed E-state index contributed by atoms with van der Waals surface area (Å²) >= 11 is 0. The standard InChI is InChI=1S/C7H9FN2O/c1-3-11-7-6(8)5(2)9-4-10-7/h4H,3H2,1-2H3. The molecule has 3 nitrogen and oxygen atoms in total. The van der Waals surface area contributed by atoms with Gasteiger partial charge in [0.1, 0.15) is 6.33 Å². The quantitative estimate of drug-likeness (QED) is 0.647. The molecular weight excluding hydrogens is 147 g/mol. The summed E-state index contributed by atoms with van der Waals surface area (Å²) in [7, 11) is 0. The van der Waals surface area contributed by atoms with Gasteiger partial charge in [-0.1, -0.05) is 0 Å². The van der Waals surface area contributed by atoms with Gasteiger partial charge in [0.05, 0.1) is 12.3 Å². The van der Waals surface area contributed by atoms with E-state index in [1.807, 2.05) is 0 Å². The van der Waals surface area contributed by atoms with Crippen LogP contribution in [0.1, 0.15) is 12.6 Å². The molecular formula is C7H9FN2O. The molecule has 0 saturated carbocycles. The number of nitrogens with zero attached hydrogens (tertiary/aromatic N) is 2. The number of aryl methyl sites for hydroxylation is 1. The van der Waals surface area contributed by atoms with Crippen LogP contribution in [0, 0.1) is 12.7 Å². The summed E-state index contributed by atoms with van der Waals surface area (Å²) in [6, 6.07) is 0. The molecule has 1 aromatic heterocycles. The highest BCUT2D eigenvalue weighted by molar-refractivity contribution is 5.15. The Hall–Kier alpha value is -1.19. The predicted octanol–water partition coefficient (Wildman–Crippen LogP) is 1.32. The van der Waals surface area contributed by atoms with Gasteiger partial charge in [-0.25, -0.2) is 4.98 Å². The number of hydrogen-bond acceptors (Lipinski definition) is 3. The van der Waals surface area contributed by atoms with Crippen LogP contribution >= 0.6 is 0 Å². The van der Waals surface area contributed by atoms with Crippen LogP contribution < -0.4 is 4.74 Å². The molecule has 0 amide bonds. The Morgan fingerprint density at radius 1 is 1.55 bits per heavy atom. The molecule has 0 radical (unpaired) electrons. The van der Waals surface area contributed by atoms with Gasteiger partial charge >= 0.3 is 0 Å². The molecule has 0 aliphatic carbocycles. The van der Waals surface area contributed by atoms with E-state index in [1.54, 1.807) is 13.8 Å². The van der Waals surface area contributed by atoms with Crippen LogP contribution in [0.2, 0.25) is 0 Å². The lowest BCUT2D eigenvalue weighted by atomic mass is 10.4. The zero-order valence-corrected chi connectivity index (χ0v) is 6.47. The normalized spacial score (nSPS) is 9.73. The van der Waals surface area contributed by atoms with Crippen molar-refractivity contribution < 1.29 is 9.13 Å². The summed E-state index contributed by atoms with van der Waals surface area (Å²) in [6.07, 6.45) is 1.28. The zero-order valence-electron chi connectivity index (χ0n) is 6.47. The van der Waals surface area contributed by atoms with E-state index in [1.165, 1.54) is 6.33 Å². The largest absolute Gasteiger partial charge is 0.476 e. The molecule has 0 unspecified atom stereocenters. The minimum absolute atomic E-state index is 0.0278. The fourth-order valence-electron chi connectivity index (χ4n) is 0.673. The number of rotatable bonds is 2. The van der Waals surface area contributed by atoms with Crippen molar-refractivity contribution in [2.75, 3.05) is 6.61 Å². The summed E-state index contributed by atoms with van der Waals surface area (Å²) < 4.78 is 17.8. The topological polar surface area (TPSA) is 35.0 Å². The van der Waals surface area contributed by atoms with Gasteiger partial charge in [-0.15, -0.1) is 0 Å². The van der Waals surface area contributed by atoms with Gasteiger partial charge in [-0.2, -0.15) is 9.37 Å². The maximum Gasteiger partial charge on any atom is 0.253 e. The van der Waals surface area contributed by atoms with E-state index in [-0.39, 0.29) is 5.88 Å². The second-order valence-corrected chi connectivity index (χ2v) is 2.01. The third-order valence-electron chi connectivity index (χ3n) is 1.21. The summed E-state index contributed by atoms with van der Waals surface area (Å²) in [6.45, 7) is 3.75. The van der Waals surface area contributed by atoms with Crippen molar-refractivity contribution in [2.45, 2.75) is 13.8 Å². The first-order chi connectivity index (χ1) is 5.25. The molecule has 0 aromatic carbocycles. The molecule has 0 bridgehead atoms. The van der Waals surface area contributed by atoms with Crippen LogP contribution in [0.25, 0.3) is 0 Å². The Morgan fingerprint density at radius 3 is 2.91 bits per heavy atom. The Bertz CT molecular complexity index is 252. The third-order valence-corrected chi connectivity index (χ3v) is 1.21. The van der Waals surface area contributed by atoms with E-state index in [4.69, 9.17) is 4.74 Å². The van der Waals surface area contributed by atoms with Gasteiger partial charge in [0, 0.05) is 0 Å². The van der Waals surface area contributed by atoms with Crippen LogP contribution in [0.5, 0.6) is 5.88 Å². The molecule has 11 heavy (non-hydrogen) atoms. The van der Waals surface area contributed by atoms with Crippen LogP contribution in [-0.4, -0.2) is 16.6 Å². The summed E-state index contributed by atoms with van der Waals surface area (Å²) in [5.41, 5.74) is 0.309. The molecule has 0 aliphatic heterocycles. The van der Waals surface area contributed by atoms with E-state index in [0.717, 1.165) is 0 Å². The number of halogens is 1. The van der Waals surface area contributed by atoms with E-state index < -0.39 is 5.82 Å². The van der Waals surface area contributed by atoms with E-state index >= 15 is 0 Å². The molecule has 1 rings (SSSR count). The minimum Gasteiger partial charge on any atom is -0.476 e. The Balaban J connectivity index is 2.96. The first-order valence-corrected chi connectivity index (χ1v) is 3.35. The highest BCUT2D eigenvalue weighted by Crippen LogP contribution is 2.13. The summed E-state index contributed by atoms with van der Waals surface area (Å²) in [5.74, 6) is -0.450. The van der Waals surface area contributed by atoms with E-state index in [2.05, 4.69) is 9.97 Å². The lowest BCUT2D eigenvalue weighted by Crippen LogP contribution is -2.00. The SMILES string of the molecule is CCOc1ncnc(C)c1F. The first-order valence-electron chi connectivity index (χ1n) is 3.35. The summed E-state index contributed by atoms with van der Waals surface area (Å²) in [5, 5.41) is 0. The Kier molecular flexibility index (Phi) is 2.36. The van der Waals surface area contributed by atoms with Crippen molar-refractivity contribution in [3.05, 3.63) is 17.8 Å². The maximum absolute atomic E-state index is 12.9. The predicted molar refractivity (Wildman–Crippen MR) is 37.9 cm³/mol. The molecule has 60 valence electrons. The molecule has 1 aromatic rings. The smallest absolute Gasteiger partial charge is 0.253 e. The fraction of sp³-hybridized carbons (Fsp3) is 0.429.